The summed E-state index contributed by atoms with van der Waals surface area (Å²) in [6.45, 7) is 1.95. The summed E-state index contributed by atoms with van der Waals surface area (Å²) in [6.07, 6.45) is 3.53. The lowest BCUT2D eigenvalue weighted by Gasteiger charge is -2.39. The zero-order valence-corrected chi connectivity index (χ0v) is 17.9. The fourth-order valence-corrected chi connectivity index (χ4v) is 4.30. The Morgan fingerprint density at radius 1 is 1.23 bits per heavy atom. The van der Waals surface area contributed by atoms with E-state index in [1.165, 1.54) is 0 Å². The van der Waals surface area contributed by atoms with Gasteiger partial charge < -0.3 is 25.0 Å². The summed E-state index contributed by atoms with van der Waals surface area (Å²) >= 11 is 0. The quantitative estimate of drug-likeness (QED) is 0.386. The lowest BCUT2D eigenvalue weighted by molar-refractivity contribution is -0.143. The van der Waals surface area contributed by atoms with Gasteiger partial charge in [0.05, 0.1) is 11.8 Å². The van der Waals surface area contributed by atoms with Crippen LogP contribution >= 0.6 is 0 Å². The fourth-order valence-electron chi connectivity index (χ4n) is 4.30. The Morgan fingerprint density at radius 2 is 1.97 bits per heavy atom. The number of hydrogen-bond acceptors (Lipinski definition) is 6. The molecule has 1 aromatic carbocycles. The second-order valence-corrected chi connectivity index (χ2v) is 8.15. The normalized spacial score (nSPS) is 21.6. The number of carbonyl (C=O) groups excluding carboxylic acids is 2. The van der Waals surface area contributed by atoms with Crippen molar-refractivity contribution < 1.29 is 23.5 Å². The average Bonchev–Trinajstić information content (AvgIpc) is 2.77. The number of ether oxygens (including phenoxy) is 2. The van der Waals surface area contributed by atoms with E-state index in [0.29, 0.717) is 31.9 Å². The number of anilines is 1. The SMILES string of the molecule is CO[C@@H]1CCC[C@@H](C(=O)N2CCN(c3cccc(COC(=O)CC(=N)N)c3F)CC2)C1. The summed E-state index contributed by atoms with van der Waals surface area (Å²) in [5.74, 6) is -1.21. The molecule has 0 radical (unpaired) electrons. The number of rotatable bonds is 7. The van der Waals surface area contributed by atoms with Crippen LogP contribution in [0.25, 0.3) is 0 Å². The summed E-state index contributed by atoms with van der Waals surface area (Å²) < 4.78 is 25.5. The van der Waals surface area contributed by atoms with Crippen LogP contribution in [0.1, 0.15) is 37.7 Å². The first-order chi connectivity index (χ1) is 14.9. The highest BCUT2D eigenvalue weighted by molar-refractivity contribution is 5.94. The van der Waals surface area contributed by atoms with E-state index < -0.39 is 11.8 Å². The third-order valence-corrected chi connectivity index (χ3v) is 6.02. The summed E-state index contributed by atoms with van der Waals surface area (Å²) in [5, 5.41) is 7.11. The van der Waals surface area contributed by atoms with Crippen molar-refractivity contribution in [1.82, 2.24) is 4.90 Å². The standard InChI is InChI=1S/C22H31FN4O4/c1-30-17-6-2-4-15(12-17)22(29)27-10-8-26(9-11-27)18-7-3-5-16(21(18)23)14-31-20(28)13-19(24)25/h3,5,7,15,17H,2,4,6,8-14H2,1H3,(H3,24,25)/t15-,17-/m1/s1. The van der Waals surface area contributed by atoms with Crippen LogP contribution < -0.4 is 10.6 Å². The zero-order chi connectivity index (χ0) is 22.4. The van der Waals surface area contributed by atoms with Crippen LogP contribution in [0.15, 0.2) is 18.2 Å². The highest BCUT2D eigenvalue weighted by Gasteiger charge is 2.32. The largest absolute Gasteiger partial charge is 0.460 e. The van der Waals surface area contributed by atoms with E-state index in [0.717, 1.165) is 25.7 Å². The highest BCUT2D eigenvalue weighted by atomic mass is 19.1. The molecule has 3 rings (SSSR count). The molecule has 1 saturated carbocycles. The molecule has 1 saturated heterocycles. The number of halogens is 1. The van der Waals surface area contributed by atoms with Gasteiger partial charge in [0.1, 0.15) is 18.9 Å². The van der Waals surface area contributed by atoms with E-state index in [-0.39, 0.29) is 42.4 Å². The van der Waals surface area contributed by atoms with Gasteiger partial charge in [-0.2, -0.15) is 0 Å². The predicted octanol–water partition coefficient (Wildman–Crippen LogP) is 2.05. The van der Waals surface area contributed by atoms with E-state index in [1.54, 1.807) is 25.3 Å². The number of nitrogens with one attached hydrogen (secondary N) is 1. The number of methoxy groups -OCH3 is 1. The first-order valence-electron chi connectivity index (χ1n) is 10.7. The first-order valence-corrected chi connectivity index (χ1v) is 10.7. The third-order valence-electron chi connectivity index (χ3n) is 6.02. The molecule has 0 spiro atoms. The molecule has 8 nitrogen and oxygen atoms in total. The molecule has 3 N–H and O–H groups in total. The predicted molar refractivity (Wildman–Crippen MR) is 114 cm³/mol. The zero-order valence-electron chi connectivity index (χ0n) is 17.9. The molecule has 9 heteroatoms. The van der Waals surface area contributed by atoms with Gasteiger partial charge in [-0.15, -0.1) is 0 Å². The number of nitrogens with two attached hydrogens (primary N) is 1. The molecule has 1 aliphatic heterocycles. The molecular weight excluding hydrogens is 403 g/mol. The van der Waals surface area contributed by atoms with Crippen molar-refractivity contribution in [2.45, 2.75) is 44.8 Å². The van der Waals surface area contributed by atoms with Crippen molar-refractivity contribution in [3.05, 3.63) is 29.6 Å². The molecular formula is C22H31FN4O4. The smallest absolute Gasteiger partial charge is 0.313 e. The molecule has 2 fully saturated rings. The molecule has 1 heterocycles. The lowest BCUT2D eigenvalue weighted by atomic mass is 9.86. The Bertz CT molecular complexity index is 811. The Balaban J connectivity index is 1.56. The molecule has 2 atom stereocenters. The van der Waals surface area contributed by atoms with E-state index in [1.807, 2.05) is 9.80 Å². The van der Waals surface area contributed by atoms with Gasteiger partial charge in [-0.05, 0) is 25.3 Å². The van der Waals surface area contributed by atoms with Gasteiger partial charge in [0.15, 0.2) is 5.82 Å². The van der Waals surface area contributed by atoms with Crippen LogP contribution in [0, 0.1) is 17.1 Å². The van der Waals surface area contributed by atoms with Gasteiger partial charge in [-0.1, -0.05) is 18.6 Å². The second-order valence-electron chi connectivity index (χ2n) is 8.15. The number of amides is 1. The average molecular weight is 435 g/mol. The molecule has 170 valence electrons. The molecule has 2 aliphatic rings. The highest BCUT2D eigenvalue weighted by Crippen LogP contribution is 2.29. The van der Waals surface area contributed by atoms with Crippen LogP contribution in [0.5, 0.6) is 0 Å². The summed E-state index contributed by atoms with van der Waals surface area (Å²) in [6, 6.07) is 4.98. The number of piperazine rings is 1. The minimum Gasteiger partial charge on any atom is -0.460 e. The monoisotopic (exact) mass is 434 g/mol. The fraction of sp³-hybridized carbons (Fsp3) is 0.591. The van der Waals surface area contributed by atoms with E-state index in [9.17, 15) is 9.59 Å². The van der Waals surface area contributed by atoms with Gasteiger partial charge in [0.25, 0.3) is 0 Å². The van der Waals surface area contributed by atoms with Gasteiger partial charge >= 0.3 is 5.97 Å². The van der Waals surface area contributed by atoms with Gasteiger partial charge in [0.2, 0.25) is 5.91 Å². The molecule has 0 unspecified atom stereocenters. The van der Waals surface area contributed by atoms with E-state index in [4.69, 9.17) is 20.6 Å². The van der Waals surface area contributed by atoms with Crippen molar-refractivity contribution >= 4 is 23.4 Å². The number of amidine groups is 1. The van der Waals surface area contributed by atoms with Gasteiger partial charge in [-0.25, -0.2) is 4.39 Å². The lowest BCUT2D eigenvalue weighted by Crippen LogP contribution is -2.51. The van der Waals surface area contributed by atoms with Crippen molar-refractivity contribution in [1.29, 1.82) is 5.41 Å². The summed E-state index contributed by atoms with van der Waals surface area (Å²) in [4.78, 5) is 28.3. The molecule has 0 bridgehead atoms. The molecule has 1 aliphatic carbocycles. The Morgan fingerprint density at radius 3 is 2.65 bits per heavy atom. The summed E-state index contributed by atoms with van der Waals surface area (Å²) in [5.41, 5.74) is 5.87. The van der Waals surface area contributed by atoms with Gasteiger partial charge in [-0.3, -0.25) is 15.0 Å². The Kier molecular flexibility index (Phi) is 7.84. The van der Waals surface area contributed by atoms with Crippen molar-refractivity contribution in [2.75, 3.05) is 38.2 Å². The third kappa shape index (κ3) is 5.94. The van der Waals surface area contributed by atoms with Gasteiger partial charge in [0, 0.05) is 44.8 Å². The van der Waals surface area contributed by atoms with Crippen LogP contribution in [0.4, 0.5) is 10.1 Å². The summed E-state index contributed by atoms with van der Waals surface area (Å²) in [7, 11) is 1.70. The van der Waals surface area contributed by atoms with Crippen LogP contribution in [0.2, 0.25) is 0 Å². The van der Waals surface area contributed by atoms with Crippen molar-refractivity contribution in [2.24, 2.45) is 11.7 Å². The minimum absolute atomic E-state index is 0.00926. The number of carbonyl (C=O) groups is 2. The van der Waals surface area contributed by atoms with Crippen molar-refractivity contribution in [3.8, 4) is 0 Å². The molecule has 1 amide bonds. The number of nitrogens with zero attached hydrogens (tertiary/aromatic N) is 2. The minimum atomic E-state index is -0.664. The Labute approximate surface area is 182 Å². The first kappa shape index (κ1) is 23.0. The van der Waals surface area contributed by atoms with Crippen LogP contribution in [-0.2, 0) is 25.7 Å². The van der Waals surface area contributed by atoms with Crippen LogP contribution in [0.3, 0.4) is 0 Å². The van der Waals surface area contributed by atoms with Crippen molar-refractivity contribution in [3.63, 3.8) is 0 Å². The number of benzene rings is 1. The maximum atomic E-state index is 15.0. The Hall–Kier alpha value is -2.68. The molecule has 31 heavy (non-hydrogen) atoms. The van der Waals surface area contributed by atoms with Crippen LogP contribution in [-0.4, -0.2) is 62.0 Å². The van der Waals surface area contributed by atoms with E-state index in [2.05, 4.69) is 0 Å². The number of hydrogen-bond donors (Lipinski definition) is 2. The maximum absolute atomic E-state index is 15.0. The molecule has 0 aromatic heterocycles. The second kappa shape index (κ2) is 10.6. The molecule has 1 aromatic rings. The number of esters is 1. The maximum Gasteiger partial charge on any atom is 0.313 e. The van der Waals surface area contributed by atoms with E-state index >= 15 is 4.39 Å². The topological polar surface area (TPSA) is 109 Å².